The molecule has 1 aliphatic carbocycles. The number of quaternary nitrogens is 1. The molecule has 0 bridgehead atoms. The van der Waals surface area contributed by atoms with E-state index in [2.05, 4.69) is 7.05 Å². The monoisotopic (exact) mass is 295 g/mol. The predicted octanol–water partition coefficient (Wildman–Crippen LogP) is -0.579. The van der Waals surface area contributed by atoms with E-state index in [-0.39, 0.29) is 24.0 Å². The van der Waals surface area contributed by atoms with Crippen molar-refractivity contribution in [3.05, 3.63) is 0 Å². The Hall–Kier alpha value is 0.690. The van der Waals surface area contributed by atoms with Gasteiger partial charge in [0.1, 0.15) is 0 Å². The predicted molar refractivity (Wildman–Crippen MR) is 52.0 cm³/mol. The van der Waals surface area contributed by atoms with E-state index in [0.29, 0.717) is 0 Å². The second-order valence-corrected chi connectivity index (χ2v) is 5.11. The minimum absolute atomic E-state index is 0. The Labute approximate surface area is 99.5 Å². The summed E-state index contributed by atoms with van der Waals surface area (Å²) < 4.78 is 1.39. The lowest BCUT2D eigenvalue weighted by atomic mass is 10.1. The summed E-state index contributed by atoms with van der Waals surface area (Å²) in [5.41, 5.74) is 0. The molecular formula is C11H22IN. The van der Waals surface area contributed by atoms with Gasteiger partial charge in [-0.1, -0.05) is 12.8 Å². The van der Waals surface area contributed by atoms with Crippen molar-refractivity contribution in [2.24, 2.45) is 5.92 Å². The van der Waals surface area contributed by atoms with E-state index >= 15 is 0 Å². The van der Waals surface area contributed by atoms with Crippen molar-refractivity contribution in [1.29, 1.82) is 0 Å². The third-order valence-electron chi connectivity index (χ3n) is 3.82. The second kappa shape index (κ2) is 4.96. The minimum atomic E-state index is 0. The van der Waals surface area contributed by atoms with Gasteiger partial charge in [0.05, 0.1) is 26.7 Å². The molecule has 2 heteroatoms. The standard InChI is InChI=1S/C11H22N.HI/c1-12(8-4-5-9-12)10-11-6-2-3-7-11;/h11H,2-10H2,1H3;1H/q+1;/p-1. The van der Waals surface area contributed by atoms with E-state index in [1.807, 2.05) is 0 Å². The number of halogens is 1. The van der Waals surface area contributed by atoms with Crippen molar-refractivity contribution in [2.75, 3.05) is 26.7 Å². The molecule has 2 aliphatic rings. The summed E-state index contributed by atoms with van der Waals surface area (Å²) in [6, 6.07) is 0. The number of hydrogen-bond donors (Lipinski definition) is 0. The fraction of sp³-hybridized carbons (Fsp3) is 1.00. The van der Waals surface area contributed by atoms with E-state index in [0.717, 1.165) is 5.92 Å². The lowest BCUT2D eigenvalue weighted by molar-refractivity contribution is -0.900. The summed E-state index contributed by atoms with van der Waals surface area (Å²) in [7, 11) is 2.46. The zero-order chi connectivity index (χ0) is 8.44. The van der Waals surface area contributed by atoms with Crippen LogP contribution < -0.4 is 24.0 Å². The number of rotatable bonds is 2. The Balaban J connectivity index is 0.000000845. The summed E-state index contributed by atoms with van der Waals surface area (Å²) in [5.74, 6) is 1.08. The molecule has 1 saturated carbocycles. The van der Waals surface area contributed by atoms with E-state index < -0.39 is 0 Å². The molecule has 2 rings (SSSR count). The summed E-state index contributed by atoms with van der Waals surface area (Å²) in [6.07, 6.45) is 9.00. The first kappa shape index (κ1) is 11.8. The van der Waals surface area contributed by atoms with Crippen LogP contribution in [0.25, 0.3) is 0 Å². The van der Waals surface area contributed by atoms with Gasteiger partial charge in [-0.2, -0.15) is 0 Å². The van der Waals surface area contributed by atoms with Crippen LogP contribution in [0.15, 0.2) is 0 Å². The van der Waals surface area contributed by atoms with Crippen LogP contribution in [-0.2, 0) is 0 Å². The van der Waals surface area contributed by atoms with Crippen molar-refractivity contribution in [3.8, 4) is 0 Å². The molecular weight excluding hydrogens is 273 g/mol. The van der Waals surface area contributed by atoms with Crippen LogP contribution in [-0.4, -0.2) is 31.2 Å². The largest absolute Gasteiger partial charge is 1.00 e. The zero-order valence-electron chi connectivity index (χ0n) is 8.77. The molecule has 0 aromatic carbocycles. The molecule has 0 atom stereocenters. The third kappa shape index (κ3) is 3.08. The number of nitrogens with zero attached hydrogens (tertiary/aromatic N) is 1. The van der Waals surface area contributed by atoms with Gasteiger partial charge in [0.25, 0.3) is 0 Å². The molecule has 0 radical (unpaired) electrons. The van der Waals surface area contributed by atoms with Gasteiger partial charge in [-0.15, -0.1) is 0 Å². The summed E-state index contributed by atoms with van der Waals surface area (Å²) in [4.78, 5) is 0. The third-order valence-corrected chi connectivity index (χ3v) is 3.82. The SMILES string of the molecule is C[N+]1(CC2CCCC2)CCCC1.[I-]. The van der Waals surface area contributed by atoms with Gasteiger partial charge in [0.2, 0.25) is 0 Å². The first-order chi connectivity index (χ1) is 5.79. The molecule has 1 aliphatic heterocycles. The Morgan fingerprint density at radius 2 is 1.54 bits per heavy atom. The van der Waals surface area contributed by atoms with Gasteiger partial charge in [-0.05, 0) is 12.8 Å². The molecule has 0 aromatic rings. The average Bonchev–Trinajstić information content (AvgIpc) is 2.62. The summed E-state index contributed by atoms with van der Waals surface area (Å²) >= 11 is 0. The fourth-order valence-corrected chi connectivity index (χ4v) is 3.10. The van der Waals surface area contributed by atoms with Gasteiger partial charge in [-0.25, -0.2) is 0 Å². The van der Waals surface area contributed by atoms with Gasteiger partial charge in [0.15, 0.2) is 0 Å². The second-order valence-electron chi connectivity index (χ2n) is 5.11. The quantitative estimate of drug-likeness (QED) is 0.472. The van der Waals surface area contributed by atoms with Gasteiger partial charge in [-0.3, -0.25) is 0 Å². The topological polar surface area (TPSA) is 0 Å². The van der Waals surface area contributed by atoms with Crippen LogP contribution in [0.2, 0.25) is 0 Å². The summed E-state index contributed by atoms with van der Waals surface area (Å²) in [5, 5.41) is 0. The molecule has 1 heterocycles. The highest BCUT2D eigenvalue weighted by Crippen LogP contribution is 2.29. The maximum Gasteiger partial charge on any atom is 0.0813 e. The Bertz CT molecular complexity index is 146. The van der Waals surface area contributed by atoms with Gasteiger partial charge >= 0.3 is 0 Å². The lowest BCUT2D eigenvalue weighted by Gasteiger charge is -2.31. The molecule has 78 valence electrons. The maximum atomic E-state index is 2.46. The van der Waals surface area contributed by atoms with Gasteiger partial charge < -0.3 is 28.5 Å². The van der Waals surface area contributed by atoms with Gasteiger partial charge in [0, 0.05) is 18.8 Å². The Morgan fingerprint density at radius 3 is 2.08 bits per heavy atom. The summed E-state index contributed by atoms with van der Waals surface area (Å²) in [6.45, 7) is 4.40. The van der Waals surface area contributed by atoms with Crippen molar-refractivity contribution in [3.63, 3.8) is 0 Å². The molecule has 0 spiro atoms. The smallest absolute Gasteiger partial charge is 0.0813 e. The molecule has 1 saturated heterocycles. The van der Waals surface area contributed by atoms with Crippen molar-refractivity contribution >= 4 is 0 Å². The van der Waals surface area contributed by atoms with E-state index in [1.165, 1.54) is 62.6 Å². The maximum absolute atomic E-state index is 2.46. The normalized spacial score (nSPS) is 27.5. The van der Waals surface area contributed by atoms with E-state index in [4.69, 9.17) is 0 Å². The fourth-order valence-electron chi connectivity index (χ4n) is 3.10. The van der Waals surface area contributed by atoms with Crippen LogP contribution in [0.1, 0.15) is 38.5 Å². The van der Waals surface area contributed by atoms with Crippen LogP contribution in [0.5, 0.6) is 0 Å². The van der Waals surface area contributed by atoms with Crippen molar-refractivity contribution in [2.45, 2.75) is 38.5 Å². The molecule has 1 nitrogen and oxygen atoms in total. The molecule has 2 fully saturated rings. The first-order valence-corrected chi connectivity index (χ1v) is 5.62. The minimum Gasteiger partial charge on any atom is -1.00 e. The number of hydrogen-bond acceptors (Lipinski definition) is 0. The molecule has 0 unspecified atom stereocenters. The zero-order valence-corrected chi connectivity index (χ0v) is 10.9. The number of likely N-dealkylation sites (tertiary alicyclic amines) is 1. The van der Waals surface area contributed by atoms with E-state index in [9.17, 15) is 0 Å². The highest BCUT2D eigenvalue weighted by atomic mass is 127. The van der Waals surface area contributed by atoms with E-state index in [1.54, 1.807) is 0 Å². The van der Waals surface area contributed by atoms with Crippen molar-refractivity contribution < 1.29 is 28.5 Å². The average molecular weight is 295 g/mol. The Morgan fingerprint density at radius 1 is 1.00 bits per heavy atom. The first-order valence-electron chi connectivity index (χ1n) is 5.62. The molecule has 0 amide bonds. The molecule has 0 N–H and O–H groups in total. The highest BCUT2D eigenvalue weighted by Gasteiger charge is 2.31. The van der Waals surface area contributed by atoms with Crippen LogP contribution in [0, 0.1) is 5.92 Å². The highest BCUT2D eigenvalue weighted by molar-refractivity contribution is 4.68. The molecule has 0 aromatic heterocycles. The molecule has 13 heavy (non-hydrogen) atoms. The Kier molecular flexibility index (Phi) is 4.49. The van der Waals surface area contributed by atoms with Crippen LogP contribution in [0.3, 0.4) is 0 Å². The lowest BCUT2D eigenvalue weighted by Crippen LogP contribution is -3.00. The van der Waals surface area contributed by atoms with Crippen LogP contribution >= 0.6 is 0 Å². The van der Waals surface area contributed by atoms with Crippen molar-refractivity contribution in [1.82, 2.24) is 0 Å². The van der Waals surface area contributed by atoms with Crippen LogP contribution in [0.4, 0.5) is 0 Å².